The Balaban J connectivity index is 1.92. The molecule has 0 saturated heterocycles. The van der Waals surface area contributed by atoms with Crippen LogP contribution in [0.4, 0.5) is 0 Å². The van der Waals surface area contributed by atoms with Crippen molar-refractivity contribution in [3.8, 4) is 11.3 Å². The molecule has 4 rings (SSSR count). The number of nitrogens with zero attached hydrogens (tertiary/aromatic N) is 3. The number of hydrogen-bond acceptors (Lipinski definition) is 1. The van der Waals surface area contributed by atoms with Gasteiger partial charge in [-0.05, 0) is 36.1 Å². The molecule has 0 amide bonds. The molecule has 0 atom stereocenters. The van der Waals surface area contributed by atoms with Crippen LogP contribution in [0.5, 0.6) is 0 Å². The van der Waals surface area contributed by atoms with Crippen LogP contribution in [-0.4, -0.2) is 14.0 Å². The molecule has 0 unspecified atom stereocenters. The van der Waals surface area contributed by atoms with E-state index >= 15 is 0 Å². The van der Waals surface area contributed by atoms with Gasteiger partial charge in [0.25, 0.3) is 0 Å². The molecule has 24 heavy (non-hydrogen) atoms. The summed E-state index contributed by atoms with van der Waals surface area (Å²) < 4.78 is 4.60. The summed E-state index contributed by atoms with van der Waals surface area (Å²) in [6.45, 7) is 5.43. The maximum atomic E-state index is 4.87. The van der Waals surface area contributed by atoms with Crippen LogP contribution in [0.3, 0.4) is 0 Å². The Kier molecular flexibility index (Phi) is 3.85. The molecule has 0 spiro atoms. The van der Waals surface area contributed by atoms with Crippen molar-refractivity contribution in [2.75, 3.05) is 0 Å². The van der Waals surface area contributed by atoms with Crippen LogP contribution >= 0.6 is 0 Å². The van der Waals surface area contributed by atoms with Gasteiger partial charge in [-0.25, -0.2) is 4.98 Å². The lowest BCUT2D eigenvalue weighted by Crippen LogP contribution is -2.01. The lowest BCUT2D eigenvalue weighted by Gasteiger charge is -2.08. The van der Waals surface area contributed by atoms with Crippen molar-refractivity contribution in [1.82, 2.24) is 14.0 Å². The molecule has 0 radical (unpaired) electrons. The van der Waals surface area contributed by atoms with E-state index in [2.05, 4.69) is 77.5 Å². The Morgan fingerprint density at radius 1 is 0.958 bits per heavy atom. The van der Waals surface area contributed by atoms with Gasteiger partial charge in [0.2, 0.25) is 5.78 Å². The van der Waals surface area contributed by atoms with Crippen molar-refractivity contribution in [3.05, 3.63) is 60.3 Å². The molecule has 3 nitrogen and oxygen atoms in total. The van der Waals surface area contributed by atoms with E-state index in [4.69, 9.17) is 4.98 Å². The largest absolute Gasteiger partial charge is 0.310 e. The van der Waals surface area contributed by atoms with Crippen LogP contribution in [0.25, 0.3) is 28.1 Å². The number of aromatic nitrogens is 3. The van der Waals surface area contributed by atoms with Gasteiger partial charge in [-0.2, -0.15) is 0 Å². The molecule has 2 aromatic carbocycles. The molecule has 0 aliphatic rings. The second kappa shape index (κ2) is 6.16. The van der Waals surface area contributed by atoms with Gasteiger partial charge in [-0.15, -0.1) is 0 Å². The van der Waals surface area contributed by atoms with E-state index in [1.807, 2.05) is 0 Å². The van der Waals surface area contributed by atoms with Gasteiger partial charge in [0.1, 0.15) is 0 Å². The number of benzene rings is 2. The van der Waals surface area contributed by atoms with Gasteiger partial charge < -0.3 is 4.57 Å². The van der Waals surface area contributed by atoms with Crippen molar-refractivity contribution >= 4 is 16.8 Å². The van der Waals surface area contributed by atoms with Gasteiger partial charge in [0, 0.05) is 12.7 Å². The number of aryl methyl sites for hydroxylation is 2. The Labute approximate surface area is 142 Å². The van der Waals surface area contributed by atoms with E-state index in [-0.39, 0.29) is 0 Å². The zero-order valence-electron chi connectivity index (χ0n) is 14.4. The minimum atomic E-state index is 1.00. The fraction of sp³-hybridized carbons (Fsp3) is 0.286. The summed E-state index contributed by atoms with van der Waals surface area (Å²) in [7, 11) is 0. The van der Waals surface area contributed by atoms with E-state index in [0.717, 1.165) is 30.7 Å². The summed E-state index contributed by atoms with van der Waals surface area (Å²) in [6, 6.07) is 17.3. The molecule has 0 bridgehead atoms. The summed E-state index contributed by atoms with van der Waals surface area (Å²) >= 11 is 0. The number of para-hydroxylation sites is 2. The summed E-state index contributed by atoms with van der Waals surface area (Å²) in [4.78, 5) is 4.87. The zero-order chi connectivity index (χ0) is 16.5. The fourth-order valence-electron chi connectivity index (χ4n) is 3.33. The molecular formula is C21H23N3. The second-order valence-corrected chi connectivity index (χ2v) is 6.34. The SMILES string of the molecule is CCCCn1c(-c2ccc(CC)cc2)cn2c3ccccc3nc12. The van der Waals surface area contributed by atoms with Crippen molar-refractivity contribution < 1.29 is 0 Å². The van der Waals surface area contributed by atoms with Gasteiger partial charge in [-0.3, -0.25) is 4.40 Å². The molecular weight excluding hydrogens is 294 g/mol. The molecule has 0 saturated carbocycles. The molecule has 122 valence electrons. The first-order valence-corrected chi connectivity index (χ1v) is 8.87. The van der Waals surface area contributed by atoms with Crippen LogP contribution < -0.4 is 0 Å². The van der Waals surface area contributed by atoms with Gasteiger partial charge in [-0.1, -0.05) is 56.7 Å². The Bertz CT molecular complexity index is 974. The monoisotopic (exact) mass is 317 g/mol. The highest BCUT2D eigenvalue weighted by Gasteiger charge is 2.14. The van der Waals surface area contributed by atoms with E-state index in [0.29, 0.717) is 0 Å². The van der Waals surface area contributed by atoms with E-state index in [1.54, 1.807) is 0 Å². The molecule has 2 aromatic heterocycles. The minimum Gasteiger partial charge on any atom is -0.310 e. The van der Waals surface area contributed by atoms with Crippen LogP contribution in [0.2, 0.25) is 0 Å². The number of fused-ring (bicyclic) bond motifs is 3. The van der Waals surface area contributed by atoms with E-state index in [9.17, 15) is 0 Å². The van der Waals surface area contributed by atoms with Crippen molar-refractivity contribution in [1.29, 1.82) is 0 Å². The molecule has 2 heterocycles. The topological polar surface area (TPSA) is 22.2 Å². The highest BCUT2D eigenvalue weighted by Crippen LogP contribution is 2.27. The van der Waals surface area contributed by atoms with E-state index < -0.39 is 0 Å². The first-order chi connectivity index (χ1) is 11.8. The van der Waals surface area contributed by atoms with Gasteiger partial charge >= 0.3 is 0 Å². The summed E-state index contributed by atoms with van der Waals surface area (Å²) in [6.07, 6.45) is 5.65. The first kappa shape index (κ1) is 15.0. The fourth-order valence-corrected chi connectivity index (χ4v) is 3.33. The Morgan fingerprint density at radius 2 is 1.75 bits per heavy atom. The molecule has 3 heteroatoms. The highest BCUT2D eigenvalue weighted by atomic mass is 15.2. The number of unbranched alkanes of at least 4 members (excludes halogenated alkanes) is 1. The highest BCUT2D eigenvalue weighted by molar-refractivity contribution is 5.81. The Morgan fingerprint density at radius 3 is 2.50 bits per heavy atom. The smallest absolute Gasteiger partial charge is 0.215 e. The van der Waals surface area contributed by atoms with Crippen LogP contribution in [0, 0.1) is 0 Å². The molecule has 0 fully saturated rings. The number of rotatable bonds is 5. The van der Waals surface area contributed by atoms with Gasteiger partial charge in [0.05, 0.1) is 16.7 Å². The van der Waals surface area contributed by atoms with Crippen LogP contribution in [0.1, 0.15) is 32.3 Å². The molecule has 4 aromatic rings. The summed E-state index contributed by atoms with van der Waals surface area (Å²) in [5.74, 6) is 1.04. The molecule has 0 aliphatic heterocycles. The third kappa shape index (κ3) is 2.41. The zero-order valence-corrected chi connectivity index (χ0v) is 14.4. The second-order valence-electron chi connectivity index (χ2n) is 6.34. The quantitative estimate of drug-likeness (QED) is 0.488. The molecule has 0 aliphatic carbocycles. The van der Waals surface area contributed by atoms with Crippen molar-refractivity contribution in [2.24, 2.45) is 0 Å². The third-order valence-electron chi connectivity index (χ3n) is 4.75. The van der Waals surface area contributed by atoms with Crippen LogP contribution in [0.15, 0.2) is 54.7 Å². The lowest BCUT2D eigenvalue weighted by molar-refractivity contribution is 0.648. The van der Waals surface area contributed by atoms with Crippen LogP contribution in [-0.2, 0) is 13.0 Å². The minimum absolute atomic E-state index is 1.00. The number of hydrogen-bond donors (Lipinski definition) is 0. The van der Waals surface area contributed by atoms with Crippen molar-refractivity contribution in [2.45, 2.75) is 39.7 Å². The third-order valence-corrected chi connectivity index (χ3v) is 4.75. The lowest BCUT2D eigenvalue weighted by atomic mass is 10.1. The predicted octanol–water partition coefficient (Wildman–Crippen LogP) is 5.32. The van der Waals surface area contributed by atoms with Gasteiger partial charge in [0.15, 0.2) is 0 Å². The van der Waals surface area contributed by atoms with E-state index in [1.165, 1.54) is 28.8 Å². The predicted molar refractivity (Wildman–Crippen MR) is 100 cm³/mol. The average Bonchev–Trinajstić information content (AvgIpc) is 3.16. The maximum Gasteiger partial charge on any atom is 0.215 e. The average molecular weight is 317 g/mol. The Hall–Kier alpha value is -2.55. The molecule has 0 N–H and O–H groups in total. The normalized spacial score (nSPS) is 11.6. The standard InChI is InChI=1S/C21H23N3/c1-3-5-14-23-20(17-12-10-16(4-2)11-13-17)15-24-19-9-7-6-8-18(19)22-21(23)24/h6-13,15H,3-5,14H2,1-2H3. The summed E-state index contributed by atoms with van der Waals surface area (Å²) in [5, 5.41) is 0. The summed E-state index contributed by atoms with van der Waals surface area (Å²) in [5.41, 5.74) is 6.12. The number of imidazole rings is 2. The van der Waals surface area contributed by atoms with Crippen molar-refractivity contribution in [3.63, 3.8) is 0 Å². The maximum absolute atomic E-state index is 4.87. The first-order valence-electron chi connectivity index (χ1n) is 8.87.